The third kappa shape index (κ3) is 4.65. The van der Waals surface area contributed by atoms with Gasteiger partial charge in [-0.15, -0.1) is 0 Å². The molecule has 0 saturated carbocycles. The standard InChI is InChI=1S/C9H13BO5S/c1-16(13,14)6-5-15-9-4-2-3-8(7-9)10(11)12/h2-4,7,11-12H,5-6H2,1H3. The van der Waals surface area contributed by atoms with Gasteiger partial charge < -0.3 is 14.8 Å². The van der Waals surface area contributed by atoms with Crippen molar-refractivity contribution in [2.45, 2.75) is 0 Å². The summed E-state index contributed by atoms with van der Waals surface area (Å²) in [6.45, 7) is 0.0454. The summed E-state index contributed by atoms with van der Waals surface area (Å²) in [5, 5.41) is 17.8. The third-order valence-electron chi connectivity index (χ3n) is 1.88. The summed E-state index contributed by atoms with van der Waals surface area (Å²) in [5.74, 6) is 0.341. The van der Waals surface area contributed by atoms with E-state index >= 15 is 0 Å². The van der Waals surface area contributed by atoms with E-state index in [9.17, 15) is 8.42 Å². The molecule has 0 atom stereocenters. The molecular formula is C9H13BO5S. The molecule has 1 aromatic carbocycles. The van der Waals surface area contributed by atoms with E-state index in [2.05, 4.69) is 0 Å². The van der Waals surface area contributed by atoms with E-state index in [-0.39, 0.29) is 12.4 Å². The molecule has 1 aromatic rings. The van der Waals surface area contributed by atoms with Crippen molar-refractivity contribution in [2.75, 3.05) is 18.6 Å². The lowest BCUT2D eigenvalue weighted by molar-refractivity contribution is 0.341. The van der Waals surface area contributed by atoms with Crippen molar-refractivity contribution in [3.8, 4) is 5.75 Å². The molecule has 0 radical (unpaired) electrons. The van der Waals surface area contributed by atoms with Gasteiger partial charge in [-0.25, -0.2) is 8.42 Å². The van der Waals surface area contributed by atoms with E-state index in [1.54, 1.807) is 12.1 Å². The summed E-state index contributed by atoms with van der Waals surface area (Å²) in [6, 6.07) is 6.21. The van der Waals surface area contributed by atoms with Gasteiger partial charge in [-0.3, -0.25) is 0 Å². The van der Waals surface area contributed by atoms with E-state index < -0.39 is 17.0 Å². The van der Waals surface area contributed by atoms with Crippen LogP contribution >= 0.6 is 0 Å². The van der Waals surface area contributed by atoms with Crippen molar-refractivity contribution in [2.24, 2.45) is 0 Å². The summed E-state index contributed by atoms with van der Waals surface area (Å²) < 4.78 is 26.8. The van der Waals surface area contributed by atoms with Crippen LogP contribution in [0.1, 0.15) is 0 Å². The smallest absolute Gasteiger partial charge is 0.488 e. The maximum atomic E-state index is 10.8. The first kappa shape index (κ1) is 13.0. The van der Waals surface area contributed by atoms with Gasteiger partial charge in [0, 0.05) is 6.26 Å². The van der Waals surface area contributed by atoms with Crippen LogP contribution in [0.5, 0.6) is 5.75 Å². The second-order valence-electron chi connectivity index (χ2n) is 3.42. The Bertz CT molecular complexity index is 443. The number of rotatable bonds is 5. The molecule has 0 spiro atoms. The first-order valence-corrected chi connectivity index (χ1v) is 6.71. The van der Waals surface area contributed by atoms with Crippen molar-refractivity contribution >= 4 is 22.4 Å². The molecule has 1 rings (SSSR count). The molecular weight excluding hydrogens is 231 g/mol. The highest BCUT2D eigenvalue weighted by Gasteiger charge is 2.11. The van der Waals surface area contributed by atoms with Gasteiger partial charge in [-0.1, -0.05) is 12.1 Å². The SMILES string of the molecule is CS(=O)(=O)CCOc1cccc(B(O)O)c1. The minimum Gasteiger partial charge on any atom is -0.493 e. The van der Waals surface area contributed by atoms with Crippen molar-refractivity contribution < 1.29 is 23.2 Å². The summed E-state index contributed by atoms with van der Waals surface area (Å²) in [4.78, 5) is 0. The van der Waals surface area contributed by atoms with Gasteiger partial charge in [0.25, 0.3) is 0 Å². The maximum Gasteiger partial charge on any atom is 0.488 e. The number of hydrogen-bond acceptors (Lipinski definition) is 5. The molecule has 0 bridgehead atoms. The zero-order chi connectivity index (χ0) is 12.2. The summed E-state index contributed by atoms with van der Waals surface area (Å²) in [7, 11) is -4.60. The number of ether oxygens (including phenoxy) is 1. The van der Waals surface area contributed by atoms with Crippen LogP contribution in [0.25, 0.3) is 0 Å². The Morgan fingerprint density at radius 3 is 2.62 bits per heavy atom. The third-order valence-corrected chi connectivity index (χ3v) is 2.79. The molecule has 0 saturated heterocycles. The Morgan fingerprint density at radius 2 is 2.06 bits per heavy atom. The quantitative estimate of drug-likeness (QED) is 0.635. The van der Waals surface area contributed by atoms with Gasteiger partial charge >= 0.3 is 7.12 Å². The highest BCUT2D eigenvalue weighted by molar-refractivity contribution is 7.90. The van der Waals surface area contributed by atoms with Crippen LogP contribution in [-0.2, 0) is 9.84 Å². The fraction of sp³-hybridized carbons (Fsp3) is 0.333. The van der Waals surface area contributed by atoms with Crippen LogP contribution in [0.3, 0.4) is 0 Å². The molecule has 88 valence electrons. The molecule has 0 aliphatic carbocycles. The molecule has 2 N–H and O–H groups in total. The molecule has 0 aliphatic rings. The summed E-state index contributed by atoms with van der Waals surface area (Å²) in [6.07, 6.45) is 1.13. The van der Waals surface area contributed by atoms with E-state index in [0.29, 0.717) is 11.2 Å². The van der Waals surface area contributed by atoms with Crippen LogP contribution in [0.4, 0.5) is 0 Å². The molecule has 0 fully saturated rings. The Hall–Kier alpha value is -1.05. The predicted molar refractivity (Wildman–Crippen MR) is 61.5 cm³/mol. The lowest BCUT2D eigenvalue weighted by Gasteiger charge is -2.06. The Labute approximate surface area is 94.7 Å². The summed E-state index contributed by atoms with van der Waals surface area (Å²) >= 11 is 0. The van der Waals surface area contributed by atoms with Gasteiger partial charge in [0.2, 0.25) is 0 Å². The van der Waals surface area contributed by atoms with Crippen LogP contribution < -0.4 is 10.2 Å². The monoisotopic (exact) mass is 244 g/mol. The highest BCUT2D eigenvalue weighted by Crippen LogP contribution is 2.07. The van der Waals surface area contributed by atoms with E-state index in [0.717, 1.165) is 6.26 Å². The fourth-order valence-corrected chi connectivity index (χ4v) is 1.46. The average molecular weight is 244 g/mol. The second-order valence-corrected chi connectivity index (χ2v) is 5.68. The number of hydrogen-bond donors (Lipinski definition) is 2. The first-order valence-electron chi connectivity index (χ1n) is 4.65. The van der Waals surface area contributed by atoms with Crippen molar-refractivity contribution in [3.05, 3.63) is 24.3 Å². The second kappa shape index (κ2) is 5.33. The molecule has 16 heavy (non-hydrogen) atoms. The largest absolute Gasteiger partial charge is 0.493 e. The van der Waals surface area contributed by atoms with E-state index in [1.807, 2.05) is 0 Å². The van der Waals surface area contributed by atoms with Crippen molar-refractivity contribution in [3.63, 3.8) is 0 Å². The van der Waals surface area contributed by atoms with Gasteiger partial charge in [-0.2, -0.15) is 0 Å². The van der Waals surface area contributed by atoms with Crippen molar-refractivity contribution in [1.82, 2.24) is 0 Å². The lowest BCUT2D eigenvalue weighted by atomic mass is 9.80. The first-order chi connectivity index (χ1) is 7.38. The number of sulfone groups is 1. The average Bonchev–Trinajstić information content (AvgIpc) is 2.16. The zero-order valence-electron chi connectivity index (χ0n) is 8.83. The lowest BCUT2D eigenvalue weighted by Crippen LogP contribution is -2.29. The normalized spacial score (nSPS) is 11.2. The molecule has 5 nitrogen and oxygen atoms in total. The van der Waals surface area contributed by atoms with Crippen LogP contribution in [0, 0.1) is 0 Å². The van der Waals surface area contributed by atoms with Gasteiger partial charge in [0.15, 0.2) is 9.84 Å². The molecule has 0 heterocycles. The molecule has 0 aliphatic heterocycles. The topological polar surface area (TPSA) is 83.8 Å². The zero-order valence-corrected chi connectivity index (χ0v) is 9.64. The van der Waals surface area contributed by atoms with Gasteiger partial charge in [0.05, 0.1) is 5.75 Å². The highest BCUT2D eigenvalue weighted by atomic mass is 32.2. The maximum absolute atomic E-state index is 10.8. The number of benzene rings is 1. The molecule has 0 aromatic heterocycles. The van der Waals surface area contributed by atoms with Crippen molar-refractivity contribution in [1.29, 1.82) is 0 Å². The van der Waals surface area contributed by atoms with Gasteiger partial charge in [0.1, 0.15) is 12.4 Å². The molecule has 0 unspecified atom stereocenters. The van der Waals surface area contributed by atoms with E-state index in [1.165, 1.54) is 12.1 Å². The molecule has 7 heteroatoms. The minimum absolute atomic E-state index is 0.0454. The minimum atomic E-state index is -3.04. The Kier molecular flexibility index (Phi) is 4.34. The van der Waals surface area contributed by atoms with Gasteiger partial charge in [-0.05, 0) is 17.6 Å². The summed E-state index contributed by atoms with van der Waals surface area (Å²) in [5.41, 5.74) is 0.303. The van der Waals surface area contributed by atoms with Crippen LogP contribution in [0.2, 0.25) is 0 Å². The predicted octanol–water partition coefficient (Wildman–Crippen LogP) is -1.21. The van der Waals surface area contributed by atoms with Crippen LogP contribution in [-0.4, -0.2) is 44.2 Å². The van der Waals surface area contributed by atoms with E-state index in [4.69, 9.17) is 14.8 Å². The Morgan fingerprint density at radius 1 is 1.38 bits per heavy atom. The Balaban J connectivity index is 2.58. The van der Waals surface area contributed by atoms with Crippen LogP contribution in [0.15, 0.2) is 24.3 Å². The fourth-order valence-electron chi connectivity index (χ4n) is 1.08. The molecule has 0 amide bonds.